The zero-order chi connectivity index (χ0) is 14.8. The van der Waals surface area contributed by atoms with Gasteiger partial charge in [-0.3, -0.25) is 4.79 Å². The van der Waals surface area contributed by atoms with E-state index in [9.17, 15) is 4.79 Å². The molecular formula is C14H18N4O2. The number of carboxylic acid groups (broad SMARTS) is 1. The number of hydrogen-bond acceptors (Lipinski definition) is 4. The molecule has 1 aromatic carbocycles. The monoisotopic (exact) mass is 274 g/mol. The van der Waals surface area contributed by atoms with E-state index in [4.69, 9.17) is 5.11 Å². The van der Waals surface area contributed by atoms with Gasteiger partial charge in [0.2, 0.25) is 0 Å². The van der Waals surface area contributed by atoms with Gasteiger partial charge in [0.05, 0.1) is 6.54 Å². The Labute approximate surface area is 117 Å². The molecule has 20 heavy (non-hydrogen) atoms. The maximum atomic E-state index is 10.7. The lowest BCUT2D eigenvalue weighted by Gasteiger charge is -2.19. The summed E-state index contributed by atoms with van der Waals surface area (Å²) >= 11 is 0. The largest absolute Gasteiger partial charge is 0.481 e. The van der Waals surface area contributed by atoms with Gasteiger partial charge in [-0.25, -0.2) is 4.68 Å². The molecule has 0 saturated carbocycles. The van der Waals surface area contributed by atoms with Gasteiger partial charge in [-0.15, -0.1) is 5.10 Å². The number of carboxylic acids is 1. The van der Waals surface area contributed by atoms with Gasteiger partial charge in [-0.1, -0.05) is 45.0 Å². The quantitative estimate of drug-likeness (QED) is 0.916. The summed E-state index contributed by atoms with van der Waals surface area (Å²) < 4.78 is 1.51. The molecule has 2 aromatic rings. The molecule has 0 aliphatic carbocycles. The van der Waals surface area contributed by atoms with Crippen LogP contribution in [0.1, 0.15) is 37.7 Å². The summed E-state index contributed by atoms with van der Waals surface area (Å²) in [6, 6.07) is 8.20. The van der Waals surface area contributed by atoms with Crippen LogP contribution in [-0.2, 0) is 23.2 Å². The Morgan fingerprint density at radius 1 is 1.25 bits per heavy atom. The van der Waals surface area contributed by atoms with Crippen molar-refractivity contribution in [2.24, 2.45) is 0 Å². The number of hydrogen-bond donors (Lipinski definition) is 1. The normalized spacial score (nSPS) is 11.6. The highest BCUT2D eigenvalue weighted by atomic mass is 16.4. The van der Waals surface area contributed by atoms with Crippen LogP contribution in [0.4, 0.5) is 0 Å². The Bertz CT molecular complexity index is 596. The molecule has 1 heterocycles. The average Bonchev–Trinajstić information content (AvgIpc) is 2.75. The Morgan fingerprint density at radius 3 is 2.45 bits per heavy atom. The highest BCUT2D eigenvalue weighted by Gasteiger charge is 2.14. The van der Waals surface area contributed by atoms with E-state index in [2.05, 4.69) is 48.4 Å². The highest BCUT2D eigenvalue weighted by molar-refractivity contribution is 5.68. The van der Waals surface area contributed by atoms with Crippen LogP contribution in [-0.4, -0.2) is 31.3 Å². The first-order valence-corrected chi connectivity index (χ1v) is 6.42. The fourth-order valence-electron chi connectivity index (χ4n) is 1.89. The van der Waals surface area contributed by atoms with Gasteiger partial charge in [0, 0.05) is 0 Å². The fourth-order valence-corrected chi connectivity index (χ4v) is 1.89. The molecule has 2 rings (SSSR count). The Balaban J connectivity index is 2.15. The van der Waals surface area contributed by atoms with Crippen LogP contribution in [0.5, 0.6) is 0 Å². The summed E-state index contributed by atoms with van der Waals surface area (Å²) in [6.45, 7) is 6.96. The summed E-state index contributed by atoms with van der Waals surface area (Å²) in [4.78, 5) is 10.7. The topological polar surface area (TPSA) is 80.9 Å². The zero-order valence-corrected chi connectivity index (χ0v) is 11.9. The van der Waals surface area contributed by atoms with Crippen molar-refractivity contribution in [1.82, 2.24) is 20.2 Å². The molecular weight excluding hydrogens is 256 g/mol. The molecule has 106 valence electrons. The first-order valence-electron chi connectivity index (χ1n) is 6.42. The molecule has 0 bridgehead atoms. The Kier molecular flexibility index (Phi) is 3.83. The van der Waals surface area contributed by atoms with Gasteiger partial charge in [0.25, 0.3) is 0 Å². The van der Waals surface area contributed by atoms with Crippen molar-refractivity contribution in [3.05, 3.63) is 41.2 Å². The molecule has 0 aliphatic heterocycles. The van der Waals surface area contributed by atoms with E-state index in [0.29, 0.717) is 12.4 Å². The van der Waals surface area contributed by atoms with Crippen LogP contribution in [0.25, 0.3) is 0 Å². The third-order valence-corrected chi connectivity index (χ3v) is 3.07. The van der Waals surface area contributed by atoms with Crippen molar-refractivity contribution in [2.45, 2.75) is 39.2 Å². The maximum Gasteiger partial charge on any atom is 0.311 e. The standard InChI is InChI=1S/C14H18N4O2/c1-14(2,3)11-6-4-10(5-7-11)9-18-12(8-13(19)20)15-16-17-18/h4-7H,8-9H2,1-3H3,(H,19,20). The van der Waals surface area contributed by atoms with Gasteiger partial charge >= 0.3 is 5.97 Å². The molecule has 0 saturated heterocycles. The number of carbonyl (C=O) groups is 1. The van der Waals surface area contributed by atoms with E-state index in [1.807, 2.05) is 12.1 Å². The minimum Gasteiger partial charge on any atom is -0.481 e. The second kappa shape index (κ2) is 5.40. The van der Waals surface area contributed by atoms with Crippen molar-refractivity contribution >= 4 is 5.97 Å². The van der Waals surface area contributed by atoms with Crippen molar-refractivity contribution in [3.63, 3.8) is 0 Å². The summed E-state index contributed by atoms with van der Waals surface area (Å²) in [6.07, 6.45) is -0.174. The average molecular weight is 274 g/mol. The van der Waals surface area contributed by atoms with Gasteiger partial charge in [0.1, 0.15) is 6.42 Å². The third-order valence-electron chi connectivity index (χ3n) is 3.07. The smallest absolute Gasteiger partial charge is 0.311 e. The van der Waals surface area contributed by atoms with Crippen LogP contribution < -0.4 is 0 Å². The predicted molar refractivity (Wildman–Crippen MR) is 73.4 cm³/mol. The molecule has 6 heteroatoms. The SMILES string of the molecule is CC(C)(C)c1ccc(Cn2nnnc2CC(=O)O)cc1. The zero-order valence-electron chi connectivity index (χ0n) is 11.9. The number of nitrogens with zero attached hydrogens (tertiary/aromatic N) is 4. The Hall–Kier alpha value is -2.24. The summed E-state index contributed by atoms with van der Waals surface area (Å²) in [7, 11) is 0. The van der Waals surface area contributed by atoms with Crippen LogP contribution in [0.2, 0.25) is 0 Å². The summed E-state index contributed by atoms with van der Waals surface area (Å²) in [5.74, 6) is -0.582. The highest BCUT2D eigenvalue weighted by Crippen LogP contribution is 2.22. The van der Waals surface area contributed by atoms with Gasteiger partial charge in [0.15, 0.2) is 5.82 Å². The number of tetrazole rings is 1. The van der Waals surface area contributed by atoms with Crippen LogP contribution in [0.15, 0.2) is 24.3 Å². The molecule has 0 unspecified atom stereocenters. The van der Waals surface area contributed by atoms with Crippen molar-refractivity contribution < 1.29 is 9.90 Å². The third kappa shape index (κ3) is 3.40. The van der Waals surface area contributed by atoms with E-state index >= 15 is 0 Å². The first-order chi connectivity index (χ1) is 9.36. The lowest BCUT2D eigenvalue weighted by atomic mass is 9.87. The lowest BCUT2D eigenvalue weighted by molar-refractivity contribution is -0.136. The molecule has 0 fully saturated rings. The second-order valence-electron chi connectivity index (χ2n) is 5.77. The van der Waals surface area contributed by atoms with Crippen molar-refractivity contribution in [2.75, 3.05) is 0 Å². The second-order valence-corrected chi connectivity index (χ2v) is 5.77. The molecule has 1 N–H and O–H groups in total. The molecule has 0 aliphatic rings. The van der Waals surface area contributed by atoms with Crippen LogP contribution in [0.3, 0.4) is 0 Å². The number of aromatic nitrogens is 4. The number of rotatable bonds is 4. The van der Waals surface area contributed by atoms with E-state index in [1.165, 1.54) is 10.2 Å². The van der Waals surface area contributed by atoms with Gasteiger partial charge < -0.3 is 5.11 Å². The summed E-state index contributed by atoms with van der Waals surface area (Å²) in [5, 5.41) is 19.9. The number of aliphatic carboxylic acids is 1. The number of benzene rings is 1. The first kappa shape index (κ1) is 14.2. The van der Waals surface area contributed by atoms with Gasteiger partial charge in [-0.2, -0.15) is 0 Å². The van der Waals surface area contributed by atoms with E-state index in [1.54, 1.807) is 0 Å². The van der Waals surface area contributed by atoms with E-state index in [0.717, 1.165) is 5.56 Å². The van der Waals surface area contributed by atoms with E-state index in [-0.39, 0.29) is 11.8 Å². The molecule has 0 atom stereocenters. The van der Waals surface area contributed by atoms with Gasteiger partial charge in [-0.05, 0) is 27.0 Å². The van der Waals surface area contributed by atoms with Crippen molar-refractivity contribution in [1.29, 1.82) is 0 Å². The summed E-state index contributed by atoms with van der Waals surface area (Å²) in [5.41, 5.74) is 2.41. The van der Waals surface area contributed by atoms with Crippen LogP contribution in [0, 0.1) is 0 Å². The van der Waals surface area contributed by atoms with E-state index < -0.39 is 5.97 Å². The Morgan fingerprint density at radius 2 is 1.90 bits per heavy atom. The lowest BCUT2D eigenvalue weighted by Crippen LogP contribution is -2.13. The minimum absolute atomic E-state index is 0.113. The van der Waals surface area contributed by atoms with Crippen LogP contribution >= 0.6 is 0 Å². The van der Waals surface area contributed by atoms with Crippen molar-refractivity contribution in [3.8, 4) is 0 Å². The molecule has 0 spiro atoms. The molecule has 0 amide bonds. The molecule has 1 aromatic heterocycles. The maximum absolute atomic E-state index is 10.7. The molecule has 0 radical (unpaired) electrons. The minimum atomic E-state index is -0.941. The fraction of sp³-hybridized carbons (Fsp3) is 0.429. The predicted octanol–water partition coefficient (Wildman–Crippen LogP) is 1.65. The molecule has 6 nitrogen and oxygen atoms in total.